The Kier molecular flexibility index (Phi) is 3.57. The molecule has 0 aromatic heterocycles. The van der Waals surface area contributed by atoms with Crippen LogP contribution < -0.4 is 0 Å². The number of nitro benzene ring substituents is 1. The van der Waals surface area contributed by atoms with Gasteiger partial charge in [-0.15, -0.1) is 0 Å². The summed E-state index contributed by atoms with van der Waals surface area (Å²) in [5, 5.41) is 28.0. The first-order valence-electron chi connectivity index (χ1n) is 4.56. The van der Waals surface area contributed by atoms with Crippen LogP contribution in [0.2, 0.25) is 0 Å². The van der Waals surface area contributed by atoms with Crippen molar-refractivity contribution in [2.45, 2.75) is 6.92 Å². The summed E-state index contributed by atoms with van der Waals surface area (Å²) in [5.74, 6) is -1.24. The van der Waals surface area contributed by atoms with Crippen molar-refractivity contribution in [2.75, 3.05) is 0 Å². The molecule has 0 heterocycles. The highest BCUT2D eigenvalue weighted by molar-refractivity contribution is 5.91. The van der Waals surface area contributed by atoms with Gasteiger partial charge < -0.3 is 5.11 Å². The van der Waals surface area contributed by atoms with Gasteiger partial charge in [0.15, 0.2) is 0 Å². The first-order valence-corrected chi connectivity index (χ1v) is 4.56. The topological polar surface area (TPSA) is 104 Å². The number of hydrogen-bond acceptors (Lipinski definition) is 4. The third-order valence-electron chi connectivity index (χ3n) is 2.18. The molecule has 1 aromatic carbocycles. The van der Waals surface area contributed by atoms with Gasteiger partial charge in [0.2, 0.25) is 0 Å². The van der Waals surface area contributed by atoms with E-state index in [2.05, 4.69) is 0 Å². The number of allylic oxidation sites excluding steroid dienone is 1. The quantitative estimate of drug-likeness (QED) is 0.488. The maximum absolute atomic E-state index is 10.9. The smallest absolute Gasteiger partial charge is 0.336 e. The van der Waals surface area contributed by atoms with Crippen molar-refractivity contribution >= 4 is 17.7 Å². The number of nitrogens with zero attached hydrogens (tertiary/aromatic N) is 2. The van der Waals surface area contributed by atoms with E-state index in [1.165, 1.54) is 25.1 Å². The second-order valence-electron chi connectivity index (χ2n) is 3.24. The molecule has 0 bridgehead atoms. The fourth-order valence-corrected chi connectivity index (χ4v) is 1.36. The van der Waals surface area contributed by atoms with Crippen molar-refractivity contribution in [3.05, 3.63) is 45.0 Å². The second-order valence-corrected chi connectivity index (χ2v) is 3.24. The predicted molar refractivity (Wildman–Crippen MR) is 59.4 cm³/mol. The van der Waals surface area contributed by atoms with E-state index in [0.29, 0.717) is 5.56 Å². The number of rotatable bonds is 3. The monoisotopic (exact) mass is 232 g/mol. The zero-order chi connectivity index (χ0) is 13.0. The number of hydrogen-bond donors (Lipinski definition) is 1. The zero-order valence-electron chi connectivity index (χ0n) is 8.88. The maximum Gasteiger partial charge on any atom is 0.336 e. The minimum atomic E-state index is -1.24. The summed E-state index contributed by atoms with van der Waals surface area (Å²) in [4.78, 5) is 21.0. The first kappa shape index (κ1) is 12.4. The van der Waals surface area contributed by atoms with Crippen LogP contribution >= 0.6 is 0 Å². The van der Waals surface area contributed by atoms with Crippen LogP contribution in [0.4, 0.5) is 5.69 Å². The van der Waals surface area contributed by atoms with Gasteiger partial charge in [0.25, 0.3) is 5.69 Å². The van der Waals surface area contributed by atoms with Crippen LogP contribution in [-0.4, -0.2) is 16.0 Å². The average Bonchev–Trinajstić information content (AvgIpc) is 2.26. The lowest BCUT2D eigenvalue weighted by Gasteiger charge is -2.03. The van der Waals surface area contributed by atoms with Crippen LogP contribution in [-0.2, 0) is 0 Å². The number of aromatic carboxylic acids is 1. The standard InChI is InChI=1S/C11H8N2O4/c1-7-9(11(14)15)5-8(3-2-4-12)6-10(7)13(16)17/h2-3,5-6H,1H3,(H,14,15). The van der Waals surface area contributed by atoms with Crippen molar-refractivity contribution in [3.63, 3.8) is 0 Å². The largest absolute Gasteiger partial charge is 0.478 e. The van der Waals surface area contributed by atoms with Crippen molar-refractivity contribution in [1.82, 2.24) is 0 Å². The summed E-state index contributed by atoms with van der Waals surface area (Å²) in [5.41, 5.74) is -0.0165. The van der Waals surface area contributed by atoms with Crippen molar-refractivity contribution in [3.8, 4) is 6.07 Å². The number of nitro groups is 1. The van der Waals surface area contributed by atoms with Crippen LogP contribution in [0.5, 0.6) is 0 Å². The van der Waals surface area contributed by atoms with Crippen LogP contribution in [0.15, 0.2) is 18.2 Å². The summed E-state index contributed by atoms with van der Waals surface area (Å²) in [7, 11) is 0. The van der Waals surface area contributed by atoms with Crippen molar-refractivity contribution < 1.29 is 14.8 Å². The van der Waals surface area contributed by atoms with E-state index in [9.17, 15) is 14.9 Å². The Balaban J connectivity index is 3.48. The Labute approximate surface area is 96.6 Å². The summed E-state index contributed by atoms with van der Waals surface area (Å²) >= 11 is 0. The third-order valence-corrected chi connectivity index (χ3v) is 2.18. The number of carboxylic acids is 1. The minimum absolute atomic E-state index is 0.0941. The SMILES string of the molecule is Cc1c(C(=O)O)cc(C=CC#N)cc1[N+](=O)[O-]. The van der Waals surface area contributed by atoms with Gasteiger partial charge in [0, 0.05) is 17.7 Å². The molecule has 0 radical (unpaired) electrons. The highest BCUT2D eigenvalue weighted by Crippen LogP contribution is 2.24. The second kappa shape index (κ2) is 4.90. The lowest BCUT2D eigenvalue weighted by molar-refractivity contribution is -0.385. The zero-order valence-corrected chi connectivity index (χ0v) is 8.88. The molecule has 86 valence electrons. The minimum Gasteiger partial charge on any atom is -0.478 e. The van der Waals surface area contributed by atoms with Crippen LogP contribution in [0, 0.1) is 28.4 Å². The van der Waals surface area contributed by atoms with Gasteiger partial charge >= 0.3 is 5.97 Å². The predicted octanol–water partition coefficient (Wildman–Crippen LogP) is 2.14. The lowest BCUT2D eigenvalue weighted by Crippen LogP contribution is -2.03. The molecule has 6 heteroatoms. The van der Waals surface area contributed by atoms with E-state index in [-0.39, 0.29) is 16.8 Å². The van der Waals surface area contributed by atoms with Crippen molar-refractivity contribution in [2.24, 2.45) is 0 Å². The fraction of sp³-hybridized carbons (Fsp3) is 0.0909. The molecule has 1 rings (SSSR count). The molecule has 0 aliphatic rings. The molecule has 0 saturated heterocycles. The number of carboxylic acid groups (broad SMARTS) is 1. The van der Waals surface area contributed by atoms with Gasteiger partial charge in [-0.2, -0.15) is 5.26 Å². The molecule has 0 spiro atoms. The molecule has 1 aromatic rings. The Bertz CT molecular complexity index is 520. The molecular formula is C11H8N2O4. The molecule has 1 N–H and O–H groups in total. The molecule has 0 fully saturated rings. The van der Waals surface area contributed by atoms with E-state index in [1.54, 1.807) is 6.07 Å². The average molecular weight is 232 g/mol. The van der Waals surface area contributed by atoms with Crippen molar-refractivity contribution in [1.29, 1.82) is 5.26 Å². The Hall–Kier alpha value is -2.68. The Morgan fingerprint density at radius 3 is 2.71 bits per heavy atom. The highest BCUT2D eigenvalue weighted by atomic mass is 16.6. The number of benzene rings is 1. The summed E-state index contributed by atoms with van der Waals surface area (Å²) in [6, 6.07) is 4.25. The summed E-state index contributed by atoms with van der Waals surface area (Å²) in [6.07, 6.45) is 2.44. The Morgan fingerprint density at radius 1 is 1.59 bits per heavy atom. The molecular weight excluding hydrogens is 224 g/mol. The summed E-state index contributed by atoms with van der Waals surface area (Å²) < 4.78 is 0. The number of carbonyl (C=O) groups is 1. The normalized spacial score (nSPS) is 10.1. The van der Waals surface area contributed by atoms with E-state index in [4.69, 9.17) is 10.4 Å². The van der Waals surface area contributed by atoms with E-state index in [1.807, 2.05) is 0 Å². The van der Waals surface area contributed by atoms with E-state index >= 15 is 0 Å². The van der Waals surface area contributed by atoms with Gasteiger partial charge in [-0.3, -0.25) is 10.1 Å². The van der Waals surface area contributed by atoms with Gasteiger partial charge in [-0.25, -0.2) is 4.79 Å². The number of nitriles is 1. The molecule has 0 amide bonds. The van der Waals surface area contributed by atoms with Crippen LogP contribution in [0.3, 0.4) is 0 Å². The van der Waals surface area contributed by atoms with Crippen LogP contribution in [0.25, 0.3) is 6.08 Å². The molecule has 6 nitrogen and oxygen atoms in total. The highest BCUT2D eigenvalue weighted by Gasteiger charge is 2.19. The van der Waals surface area contributed by atoms with Crippen LogP contribution in [0.1, 0.15) is 21.5 Å². The first-order chi connectivity index (χ1) is 7.97. The van der Waals surface area contributed by atoms with E-state index in [0.717, 1.165) is 6.08 Å². The maximum atomic E-state index is 10.9. The van der Waals surface area contributed by atoms with Gasteiger partial charge in [0.05, 0.1) is 16.6 Å². The molecule has 0 unspecified atom stereocenters. The van der Waals surface area contributed by atoms with Gasteiger partial charge in [-0.1, -0.05) is 0 Å². The molecule has 0 atom stereocenters. The third kappa shape index (κ3) is 2.66. The fourth-order valence-electron chi connectivity index (χ4n) is 1.36. The summed E-state index contributed by atoms with van der Waals surface area (Å²) in [6.45, 7) is 1.37. The lowest BCUT2D eigenvalue weighted by atomic mass is 10.0. The molecule has 0 aliphatic heterocycles. The Morgan fingerprint density at radius 2 is 2.24 bits per heavy atom. The van der Waals surface area contributed by atoms with E-state index < -0.39 is 10.9 Å². The molecule has 0 saturated carbocycles. The van der Waals surface area contributed by atoms with Gasteiger partial charge in [0.1, 0.15) is 0 Å². The molecule has 17 heavy (non-hydrogen) atoms. The van der Waals surface area contributed by atoms with Gasteiger partial charge in [-0.05, 0) is 24.6 Å². The molecule has 0 aliphatic carbocycles.